The van der Waals surface area contributed by atoms with Crippen molar-refractivity contribution in [1.82, 2.24) is 14.3 Å². The van der Waals surface area contributed by atoms with Crippen molar-refractivity contribution in [1.29, 1.82) is 0 Å². The number of hydrogen-bond acceptors (Lipinski definition) is 5. The first-order valence-corrected chi connectivity index (χ1v) is 9.20. The summed E-state index contributed by atoms with van der Waals surface area (Å²) in [7, 11) is -3.50. The first-order chi connectivity index (χ1) is 11.6. The monoisotopic (exact) mass is 349 g/mol. The molecule has 0 bridgehead atoms. The number of H-pyrrole nitrogens is 1. The van der Waals surface area contributed by atoms with Gasteiger partial charge < -0.3 is 9.72 Å². The standard InChI is InChI=1S/C16H19N3O4S/c20-16-10-13(17-12-18-16)6-7-14-11-19(8-9-23-14)24(21,22)15-4-2-1-3-5-15/h1-5,10,12,14H,6-9,11H2,(H,17,18,20)/t14-/m1/s1. The van der Waals surface area contributed by atoms with Crippen molar-refractivity contribution in [2.75, 3.05) is 19.7 Å². The Hall–Kier alpha value is -2.03. The summed E-state index contributed by atoms with van der Waals surface area (Å²) in [6.45, 7) is 1.01. The Kier molecular flexibility index (Phi) is 5.08. The average Bonchev–Trinajstić information content (AvgIpc) is 2.61. The number of rotatable bonds is 5. The summed E-state index contributed by atoms with van der Waals surface area (Å²) in [5.41, 5.74) is 0.475. The van der Waals surface area contributed by atoms with Crippen LogP contribution < -0.4 is 5.56 Å². The third-order valence-electron chi connectivity index (χ3n) is 3.94. The second-order valence-corrected chi connectivity index (χ2v) is 7.55. The molecule has 1 aliphatic heterocycles. The van der Waals surface area contributed by atoms with Crippen LogP contribution in [0, 0.1) is 0 Å². The number of morpholine rings is 1. The molecular formula is C16H19N3O4S. The molecule has 0 spiro atoms. The maximum Gasteiger partial charge on any atom is 0.250 e. The van der Waals surface area contributed by atoms with Gasteiger partial charge in [-0.3, -0.25) is 4.79 Å². The zero-order valence-corrected chi connectivity index (χ0v) is 13.9. The molecule has 1 N–H and O–H groups in total. The van der Waals surface area contributed by atoms with Gasteiger partial charge in [-0.05, 0) is 25.0 Å². The quantitative estimate of drug-likeness (QED) is 0.862. The Morgan fingerprint density at radius 2 is 2.08 bits per heavy atom. The van der Waals surface area contributed by atoms with E-state index in [1.54, 1.807) is 30.3 Å². The van der Waals surface area contributed by atoms with Crippen LogP contribution >= 0.6 is 0 Å². The van der Waals surface area contributed by atoms with Crippen molar-refractivity contribution >= 4 is 10.0 Å². The predicted octanol–water partition coefficient (Wildman–Crippen LogP) is 0.792. The van der Waals surface area contributed by atoms with Crippen molar-refractivity contribution < 1.29 is 13.2 Å². The SMILES string of the molecule is O=c1cc(CC[C@@H]2CN(S(=O)(=O)c3ccccc3)CCO2)nc[nH]1. The van der Waals surface area contributed by atoms with Crippen LogP contribution in [0.1, 0.15) is 12.1 Å². The fraction of sp³-hybridized carbons (Fsp3) is 0.375. The van der Waals surface area contributed by atoms with E-state index in [1.807, 2.05) is 0 Å². The van der Waals surface area contributed by atoms with Crippen molar-refractivity contribution in [3.63, 3.8) is 0 Å². The van der Waals surface area contributed by atoms with Crippen LogP contribution in [0.25, 0.3) is 0 Å². The third kappa shape index (κ3) is 3.89. The van der Waals surface area contributed by atoms with E-state index in [2.05, 4.69) is 9.97 Å². The lowest BCUT2D eigenvalue weighted by atomic mass is 10.1. The van der Waals surface area contributed by atoms with Crippen molar-refractivity contribution in [3.8, 4) is 0 Å². The Morgan fingerprint density at radius 1 is 1.29 bits per heavy atom. The van der Waals surface area contributed by atoms with E-state index in [9.17, 15) is 13.2 Å². The van der Waals surface area contributed by atoms with Gasteiger partial charge in [-0.1, -0.05) is 18.2 Å². The smallest absolute Gasteiger partial charge is 0.250 e. The first kappa shape index (κ1) is 16.8. The van der Waals surface area contributed by atoms with Gasteiger partial charge in [0.15, 0.2) is 0 Å². The highest BCUT2D eigenvalue weighted by atomic mass is 32.2. The van der Waals surface area contributed by atoms with E-state index in [0.29, 0.717) is 43.1 Å². The Balaban J connectivity index is 1.65. The number of benzene rings is 1. The van der Waals surface area contributed by atoms with Gasteiger partial charge in [0.25, 0.3) is 5.56 Å². The maximum absolute atomic E-state index is 12.7. The Morgan fingerprint density at radius 3 is 2.83 bits per heavy atom. The highest BCUT2D eigenvalue weighted by Gasteiger charge is 2.30. The zero-order chi connectivity index (χ0) is 17.0. The van der Waals surface area contributed by atoms with Gasteiger partial charge in [-0.15, -0.1) is 0 Å². The van der Waals surface area contributed by atoms with Crippen LogP contribution in [0.5, 0.6) is 0 Å². The van der Waals surface area contributed by atoms with E-state index < -0.39 is 10.0 Å². The number of nitrogens with one attached hydrogen (secondary N) is 1. The van der Waals surface area contributed by atoms with Crippen molar-refractivity contribution in [3.05, 3.63) is 58.8 Å². The van der Waals surface area contributed by atoms with Gasteiger partial charge >= 0.3 is 0 Å². The van der Waals surface area contributed by atoms with Crippen molar-refractivity contribution in [2.24, 2.45) is 0 Å². The van der Waals surface area contributed by atoms with Crippen LogP contribution in [0.15, 0.2) is 52.4 Å². The molecule has 1 saturated heterocycles. The lowest BCUT2D eigenvalue weighted by Crippen LogP contribution is -2.45. The minimum atomic E-state index is -3.50. The highest BCUT2D eigenvalue weighted by molar-refractivity contribution is 7.89. The molecule has 0 radical (unpaired) electrons. The molecule has 1 aliphatic rings. The van der Waals surface area contributed by atoms with Crippen LogP contribution in [-0.2, 0) is 21.2 Å². The van der Waals surface area contributed by atoms with E-state index in [-0.39, 0.29) is 11.7 Å². The largest absolute Gasteiger partial charge is 0.375 e. The fourth-order valence-corrected chi connectivity index (χ4v) is 4.16. The summed E-state index contributed by atoms with van der Waals surface area (Å²) in [6.07, 6.45) is 2.33. The summed E-state index contributed by atoms with van der Waals surface area (Å²) in [6, 6.07) is 9.85. The van der Waals surface area contributed by atoms with Crippen LogP contribution in [-0.4, -0.2) is 48.5 Å². The number of nitrogens with zero attached hydrogens (tertiary/aromatic N) is 2. The summed E-state index contributed by atoms with van der Waals surface area (Å²) >= 11 is 0. The van der Waals surface area contributed by atoms with Gasteiger partial charge in [-0.2, -0.15) is 4.31 Å². The maximum atomic E-state index is 12.7. The van der Waals surface area contributed by atoms with Crippen LogP contribution in [0.4, 0.5) is 0 Å². The van der Waals surface area contributed by atoms with Crippen molar-refractivity contribution in [2.45, 2.75) is 23.8 Å². The third-order valence-corrected chi connectivity index (χ3v) is 5.82. The number of hydrogen-bond donors (Lipinski definition) is 1. The second kappa shape index (κ2) is 7.25. The Labute approximate surface area is 140 Å². The zero-order valence-electron chi connectivity index (χ0n) is 13.1. The fourth-order valence-electron chi connectivity index (χ4n) is 2.68. The van der Waals surface area contributed by atoms with Crippen LogP contribution in [0.3, 0.4) is 0 Å². The number of ether oxygens (including phenoxy) is 1. The van der Waals surface area contributed by atoms with Gasteiger partial charge in [0.05, 0.1) is 23.9 Å². The molecule has 1 aromatic heterocycles. The molecule has 2 aromatic rings. The molecule has 3 rings (SSSR count). The number of aryl methyl sites for hydroxylation is 1. The average molecular weight is 349 g/mol. The number of aromatic amines is 1. The van der Waals surface area contributed by atoms with E-state index in [0.717, 1.165) is 0 Å². The molecule has 1 aromatic carbocycles. The van der Waals surface area contributed by atoms with Gasteiger partial charge in [-0.25, -0.2) is 13.4 Å². The highest BCUT2D eigenvalue weighted by Crippen LogP contribution is 2.20. The minimum Gasteiger partial charge on any atom is -0.375 e. The first-order valence-electron chi connectivity index (χ1n) is 7.76. The second-order valence-electron chi connectivity index (χ2n) is 5.61. The molecule has 0 unspecified atom stereocenters. The van der Waals surface area contributed by atoms with E-state index in [4.69, 9.17) is 4.74 Å². The summed E-state index contributed by atoms with van der Waals surface area (Å²) in [5.74, 6) is 0. The van der Waals surface area contributed by atoms with Crippen LogP contribution in [0.2, 0.25) is 0 Å². The molecule has 24 heavy (non-hydrogen) atoms. The molecule has 1 fully saturated rings. The molecule has 8 heteroatoms. The minimum absolute atomic E-state index is 0.196. The molecule has 0 aliphatic carbocycles. The molecular weight excluding hydrogens is 330 g/mol. The number of sulfonamides is 1. The lowest BCUT2D eigenvalue weighted by molar-refractivity contribution is -0.00539. The van der Waals surface area contributed by atoms with E-state index >= 15 is 0 Å². The Bertz CT molecular complexity index is 836. The number of aromatic nitrogens is 2. The van der Waals surface area contributed by atoms with Gasteiger partial charge in [0.2, 0.25) is 10.0 Å². The topological polar surface area (TPSA) is 92.4 Å². The molecule has 128 valence electrons. The molecule has 0 amide bonds. The molecule has 1 atom stereocenters. The molecule has 7 nitrogen and oxygen atoms in total. The van der Waals surface area contributed by atoms with Gasteiger partial charge in [0, 0.05) is 24.8 Å². The predicted molar refractivity (Wildman–Crippen MR) is 88.1 cm³/mol. The normalized spacial score (nSPS) is 19.2. The molecule has 2 heterocycles. The lowest BCUT2D eigenvalue weighted by Gasteiger charge is -2.32. The van der Waals surface area contributed by atoms with Gasteiger partial charge in [0.1, 0.15) is 0 Å². The molecule has 0 saturated carbocycles. The van der Waals surface area contributed by atoms with E-state index in [1.165, 1.54) is 16.7 Å². The summed E-state index contributed by atoms with van der Waals surface area (Å²) < 4.78 is 32.5. The summed E-state index contributed by atoms with van der Waals surface area (Å²) in [5, 5.41) is 0. The summed E-state index contributed by atoms with van der Waals surface area (Å²) in [4.78, 5) is 18.1.